The van der Waals surface area contributed by atoms with Gasteiger partial charge in [0.05, 0.1) is 5.69 Å². The molecule has 1 atom stereocenters. The number of benzene rings is 1. The Hall–Kier alpha value is -2.25. The molecular weight excluding hydrogens is 391 g/mol. The van der Waals surface area contributed by atoms with E-state index in [0.717, 1.165) is 66.6 Å². The number of carbonyl (C=O) groups is 2. The lowest BCUT2D eigenvalue weighted by atomic mass is 9.81. The monoisotopic (exact) mass is 418 g/mol. The number of aromatic carboxylic acids is 1. The van der Waals surface area contributed by atoms with Crippen molar-refractivity contribution in [1.82, 2.24) is 0 Å². The summed E-state index contributed by atoms with van der Waals surface area (Å²) in [5, 5.41) is 11.4. The summed E-state index contributed by atoms with van der Waals surface area (Å²) < 4.78 is 13.3. The topological polar surface area (TPSA) is 83.6 Å². The predicted octanol–water partition coefficient (Wildman–Crippen LogP) is 5.25. The minimum Gasteiger partial charge on any atom is -0.477 e. The van der Waals surface area contributed by atoms with E-state index in [1.54, 1.807) is 23.2 Å². The highest BCUT2D eigenvalue weighted by Crippen LogP contribution is 2.39. The molecule has 0 spiro atoms. The van der Waals surface area contributed by atoms with Crippen molar-refractivity contribution >= 4 is 29.3 Å². The molecule has 1 aliphatic carbocycles. The van der Waals surface area contributed by atoms with E-state index in [0.29, 0.717) is 18.0 Å². The number of thiophene rings is 1. The Morgan fingerprint density at radius 1 is 1.28 bits per heavy atom. The third-order valence-corrected chi connectivity index (χ3v) is 6.85. The van der Waals surface area contributed by atoms with Gasteiger partial charge in [-0.05, 0) is 55.4 Å². The van der Waals surface area contributed by atoms with E-state index in [1.165, 1.54) is 18.6 Å². The molecule has 0 amide bonds. The zero-order chi connectivity index (χ0) is 20.8. The van der Waals surface area contributed by atoms with Crippen LogP contribution in [-0.2, 0) is 4.79 Å². The van der Waals surface area contributed by atoms with Gasteiger partial charge in [-0.25, -0.2) is 15.0 Å². The van der Waals surface area contributed by atoms with Crippen molar-refractivity contribution in [2.24, 2.45) is 11.8 Å². The maximum Gasteiger partial charge on any atom is 0.348 e. The zero-order valence-electron chi connectivity index (χ0n) is 16.4. The number of nitrogens with two attached hydrogens (primary N) is 1. The molecule has 29 heavy (non-hydrogen) atoms. The molecule has 1 fully saturated rings. The number of nitrogens with zero attached hydrogens (tertiary/aromatic N) is 1. The average Bonchev–Trinajstić information content (AvgIpc) is 3.18. The van der Waals surface area contributed by atoms with Gasteiger partial charge in [-0.3, -0.25) is 0 Å². The Morgan fingerprint density at radius 3 is 2.59 bits per heavy atom. The lowest BCUT2D eigenvalue weighted by molar-refractivity contribution is -0.107. The average molecular weight is 419 g/mol. The van der Waals surface area contributed by atoms with Crippen LogP contribution in [0, 0.1) is 11.7 Å². The molecule has 0 saturated heterocycles. The highest BCUT2D eigenvalue weighted by atomic mass is 32.1. The molecule has 1 aromatic heterocycles. The third-order valence-electron chi connectivity index (χ3n) is 5.69. The maximum absolute atomic E-state index is 13.3. The van der Waals surface area contributed by atoms with Gasteiger partial charge in [0.2, 0.25) is 0 Å². The minimum absolute atomic E-state index is 0.0102. The SMILES string of the molecule is NN(c1cc(-c2ccc(F)cc2)sc1C(=O)O)C(CCCC=O)C1CCCCC1. The molecular formula is C22H27FN2O3S. The Bertz CT molecular complexity index is 831. The fraction of sp³-hybridized carbons (Fsp3) is 0.455. The number of unbranched alkanes of at least 4 members (excludes halogenated alkanes) is 1. The van der Waals surface area contributed by atoms with Crippen LogP contribution in [0.1, 0.15) is 61.0 Å². The lowest BCUT2D eigenvalue weighted by Crippen LogP contribution is -2.46. The minimum atomic E-state index is -1.02. The van der Waals surface area contributed by atoms with Gasteiger partial charge in [-0.2, -0.15) is 0 Å². The van der Waals surface area contributed by atoms with Gasteiger partial charge in [0.1, 0.15) is 17.0 Å². The van der Waals surface area contributed by atoms with Gasteiger partial charge in [0.25, 0.3) is 0 Å². The summed E-state index contributed by atoms with van der Waals surface area (Å²) in [6.07, 6.45) is 8.53. The number of hydrogen-bond donors (Lipinski definition) is 2. The summed E-state index contributed by atoms with van der Waals surface area (Å²) in [7, 11) is 0. The van der Waals surface area contributed by atoms with Crippen LogP contribution in [0.2, 0.25) is 0 Å². The zero-order valence-corrected chi connectivity index (χ0v) is 17.2. The van der Waals surface area contributed by atoms with E-state index in [1.807, 2.05) is 0 Å². The molecule has 1 saturated carbocycles. The van der Waals surface area contributed by atoms with Crippen molar-refractivity contribution in [3.05, 3.63) is 41.0 Å². The van der Waals surface area contributed by atoms with E-state index >= 15 is 0 Å². The second kappa shape index (κ2) is 9.98. The quantitative estimate of drug-likeness (QED) is 0.251. The second-order valence-corrected chi connectivity index (χ2v) is 8.66. The molecule has 3 rings (SSSR count). The fourth-order valence-corrected chi connectivity index (χ4v) is 5.19. The largest absolute Gasteiger partial charge is 0.477 e. The first-order chi connectivity index (χ1) is 14.0. The molecule has 7 heteroatoms. The molecule has 0 bridgehead atoms. The lowest BCUT2D eigenvalue weighted by Gasteiger charge is -2.37. The van der Waals surface area contributed by atoms with Crippen molar-refractivity contribution < 1.29 is 19.1 Å². The van der Waals surface area contributed by atoms with Crippen LogP contribution < -0.4 is 10.9 Å². The summed E-state index contributed by atoms with van der Waals surface area (Å²) in [5.41, 5.74) is 1.25. The molecule has 2 aromatic rings. The van der Waals surface area contributed by atoms with Crippen LogP contribution in [0.25, 0.3) is 10.4 Å². The predicted molar refractivity (Wildman–Crippen MR) is 114 cm³/mol. The molecule has 1 aliphatic rings. The Morgan fingerprint density at radius 2 is 1.97 bits per heavy atom. The smallest absolute Gasteiger partial charge is 0.348 e. The molecule has 1 aromatic carbocycles. The Labute approximate surface area is 174 Å². The number of hydrogen-bond acceptors (Lipinski definition) is 5. The first-order valence-corrected chi connectivity index (χ1v) is 10.9. The molecule has 3 N–H and O–H groups in total. The molecule has 1 heterocycles. The van der Waals surface area contributed by atoms with E-state index in [9.17, 15) is 19.1 Å². The number of aldehydes is 1. The number of rotatable bonds is 9. The summed E-state index contributed by atoms with van der Waals surface area (Å²) in [5.74, 6) is 5.56. The normalized spacial score (nSPS) is 15.8. The van der Waals surface area contributed by atoms with Gasteiger partial charge in [-0.1, -0.05) is 31.4 Å². The van der Waals surface area contributed by atoms with E-state index in [2.05, 4.69) is 0 Å². The van der Waals surface area contributed by atoms with Crippen LogP contribution >= 0.6 is 11.3 Å². The summed E-state index contributed by atoms with van der Waals surface area (Å²) >= 11 is 1.15. The number of carboxylic acid groups (broad SMARTS) is 1. The second-order valence-electron chi connectivity index (χ2n) is 7.61. The van der Waals surface area contributed by atoms with Crippen LogP contribution in [0.3, 0.4) is 0 Å². The Balaban J connectivity index is 1.92. The van der Waals surface area contributed by atoms with Gasteiger partial charge >= 0.3 is 5.97 Å². The number of halogens is 1. The fourth-order valence-electron chi connectivity index (χ4n) is 4.19. The number of carboxylic acids is 1. The summed E-state index contributed by atoms with van der Waals surface area (Å²) in [4.78, 5) is 23.6. The van der Waals surface area contributed by atoms with Crippen molar-refractivity contribution in [2.75, 3.05) is 5.01 Å². The van der Waals surface area contributed by atoms with Crippen LogP contribution in [-0.4, -0.2) is 23.4 Å². The summed E-state index contributed by atoms with van der Waals surface area (Å²) in [6, 6.07) is 7.78. The highest BCUT2D eigenvalue weighted by Gasteiger charge is 2.30. The maximum atomic E-state index is 13.3. The first-order valence-electron chi connectivity index (χ1n) is 10.1. The van der Waals surface area contributed by atoms with Crippen molar-refractivity contribution in [1.29, 1.82) is 0 Å². The highest BCUT2D eigenvalue weighted by molar-refractivity contribution is 7.18. The summed E-state index contributed by atoms with van der Waals surface area (Å²) in [6.45, 7) is 0. The number of anilines is 1. The van der Waals surface area contributed by atoms with Gasteiger partial charge in [0, 0.05) is 17.3 Å². The first kappa shape index (κ1) is 21.5. The number of hydrazine groups is 1. The van der Waals surface area contributed by atoms with Gasteiger partial charge in [0.15, 0.2) is 0 Å². The molecule has 5 nitrogen and oxygen atoms in total. The van der Waals surface area contributed by atoms with E-state index in [-0.39, 0.29) is 16.7 Å². The van der Waals surface area contributed by atoms with Gasteiger partial charge in [-0.15, -0.1) is 11.3 Å². The molecule has 156 valence electrons. The van der Waals surface area contributed by atoms with Crippen molar-refractivity contribution in [3.63, 3.8) is 0 Å². The molecule has 0 radical (unpaired) electrons. The molecule has 0 aliphatic heterocycles. The third kappa shape index (κ3) is 5.22. The van der Waals surface area contributed by atoms with Gasteiger partial charge < -0.3 is 14.9 Å². The standard InChI is InChI=1S/C22H27FN2O3S/c23-17-11-9-16(10-12-17)20-14-19(21(29-20)22(27)28)25(24)18(8-4-5-13-26)15-6-2-1-3-7-15/h9-15,18H,1-8,24H2,(H,27,28). The molecule has 1 unspecified atom stereocenters. The van der Waals surface area contributed by atoms with E-state index in [4.69, 9.17) is 5.84 Å². The van der Waals surface area contributed by atoms with Crippen LogP contribution in [0.4, 0.5) is 10.1 Å². The van der Waals surface area contributed by atoms with E-state index < -0.39 is 5.97 Å². The van der Waals surface area contributed by atoms with Crippen molar-refractivity contribution in [2.45, 2.75) is 57.4 Å². The number of carbonyl (C=O) groups excluding carboxylic acids is 1. The van der Waals surface area contributed by atoms with Crippen LogP contribution in [0.15, 0.2) is 30.3 Å². The van der Waals surface area contributed by atoms with Crippen LogP contribution in [0.5, 0.6) is 0 Å². The Kier molecular flexibility index (Phi) is 7.39. The van der Waals surface area contributed by atoms with Crippen molar-refractivity contribution in [3.8, 4) is 10.4 Å².